The van der Waals surface area contributed by atoms with Crippen molar-refractivity contribution in [1.82, 2.24) is 10.6 Å². The van der Waals surface area contributed by atoms with Gasteiger partial charge in [-0.2, -0.15) is 17.0 Å². The maximum Gasteiger partial charge on any atom is 0.191 e. The van der Waals surface area contributed by atoms with Crippen LogP contribution in [0, 0.1) is 17.1 Å². The van der Waals surface area contributed by atoms with E-state index in [-0.39, 0.29) is 10.6 Å². The Labute approximate surface area is 135 Å². The predicted octanol–water partition coefficient (Wildman–Crippen LogP) is 2.65. The standard InChI is InChI=1S/C16H21FN4S/c1-16(6-3-7-22-16)11-21-15(19-2)20-10-13-8-12(9-18)4-5-14(13)17/h4-5,8H,3,6-7,10-11H2,1-2H3,(H2,19,20,21). The first-order chi connectivity index (χ1) is 10.6. The second kappa shape index (κ2) is 7.50. The van der Waals surface area contributed by atoms with Gasteiger partial charge in [0.15, 0.2) is 5.96 Å². The minimum atomic E-state index is -0.319. The third-order valence-corrected chi connectivity index (χ3v) is 5.31. The second-order valence-corrected chi connectivity index (χ2v) is 7.28. The molecule has 0 bridgehead atoms. The van der Waals surface area contributed by atoms with Crippen LogP contribution in [0.25, 0.3) is 0 Å². The average molecular weight is 320 g/mol. The summed E-state index contributed by atoms with van der Waals surface area (Å²) in [7, 11) is 1.70. The van der Waals surface area contributed by atoms with E-state index < -0.39 is 0 Å². The van der Waals surface area contributed by atoms with Gasteiger partial charge in [-0.3, -0.25) is 4.99 Å². The van der Waals surface area contributed by atoms with Gasteiger partial charge in [-0.25, -0.2) is 4.39 Å². The van der Waals surface area contributed by atoms with Crippen LogP contribution in [0.2, 0.25) is 0 Å². The van der Waals surface area contributed by atoms with Crippen molar-refractivity contribution in [3.63, 3.8) is 0 Å². The summed E-state index contributed by atoms with van der Waals surface area (Å²) in [5.41, 5.74) is 0.916. The van der Waals surface area contributed by atoms with Gasteiger partial charge in [-0.1, -0.05) is 0 Å². The Morgan fingerprint density at radius 2 is 2.32 bits per heavy atom. The lowest BCUT2D eigenvalue weighted by molar-refractivity contribution is 0.581. The second-order valence-electron chi connectivity index (χ2n) is 5.60. The number of nitrogens with zero attached hydrogens (tertiary/aromatic N) is 2. The number of halogens is 1. The Hall–Kier alpha value is -1.74. The first kappa shape index (κ1) is 16.6. The van der Waals surface area contributed by atoms with Crippen LogP contribution in [-0.2, 0) is 6.54 Å². The molecule has 1 aliphatic rings. The molecule has 1 unspecified atom stereocenters. The molecule has 118 valence electrons. The molecule has 4 nitrogen and oxygen atoms in total. The number of nitriles is 1. The first-order valence-corrected chi connectivity index (χ1v) is 8.32. The van der Waals surface area contributed by atoms with E-state index in [4.69, 9.17) is 5.26 Å². The van der Waals surface area contributed by atoms with Gasteiger partial charge in [-0.05, 0) is 43.7 Å². The lowest BCUT2D eigenvalue weighted by atomic mass is 10.1. The number of hydrogen-bond donors (Lipinski definition) is 2. The maximum atomic E-state index is 13.7. The van der Waals surface area contributed by atoms with Crippen molar-refractivity contribution in [2.75, 3.05) is 19.3 Å². The molecule has 0 saturated carbocycles. The molecule has 1 fully saturated rings. The molecule has 0 amide bonds. The van der Waals surface area contributed by atoms with Gasteiger partial charge in [-0.15, -0.1) is 0 Å². The molecule has 1 saturated heterocycles. The molecule has 22 heavy (non-hydrogen) atoms. The van der Waals surface area contributed by atoms with Crippen molar-refractivity contribution in [2.45, 2.75) is 31.1 Å². The lowest BCUT2D eigenvalue weighted by Gasteiger charge is -2.24. The molecule has 0 aromatic heterocycles. The highest BCUT2D eigenvalue weighted by Crippen LogP contribution is 2.36. The van der Waals surface area contributed by atoms with Crippen molar-refractivity contribution in [3.05, 3.63) is 35.1 Å². The van der Waals surface area contributed by atoms with Crippen molar-refractivity contribution in [1.29, 1.82) is 5.26 Å². The summed E-state index contributed by atoms with van der Waals surface area (Å²) in [6.07, 6.45) is 2.45. The number of aliphatic imine (C=N–C) groups is 1. The number of rotatable bonds is 4. The summed E-state index contributed by atoms with van der Waals surface area (Å²) in [6.45, 7) is 3.38. The largest absolute Gasteiger partial charge is 0.355 e. The molecule has 1 aromatic rings. The van der Waals surface area contributed by atoms with Crippen LogP contribution < -0.4 is 10.6 Å². The summed E-state index contributed by atoms with van der Waals surface area (Å²) >= 11 is 1.98. The van der Waals surface area contributed by atoms with Crippen LogP contribution in [0.15, 0.2) is 23.2 Å². The normalized spacial score (nSPS) is 21.5. The minimum Gasteiger partial charge on any atom is -0.355 e. The van der Waals surface area contributed by atoms with Crippen LogP contribution in [0.1, 0.15) is 30.9 Å². The Balaban J connectivity index is 1.90. The van der Waals surface area contributed by atoms with E-state index in [1.807, 2.05) is 17.8 Å². The Morgan fingerprint density at radius 1 is 1.50 bits per heavy atom. The number of hydrogen-bond acceptors (Lipinski definition) is 3. The third-order valence-electron chi connectivity index (χ3n) is 3.77. The molecule has 1 aromatic carbocycles. The zero-order valence-electron chi connectivity index (χ0n) is 12.9. The molecule has 6 heteroatoms. The number of nitrogens with one attached hydrogen (secondary N) is 2. The van der Waals surface area contributed by atoms with Gasteiger partial charge in [0, 0.05) is 30.4 Å². The SMILES string of the molecule is CN=C(NCc1cc(C#N)ccc1F)NCC1(C)CCCS1. The Morgan fingerprint density at radius 3 is 2.95 bits per heavy atom. The monoisotopic (exact) mass is 320 g/mol. The quantitative estimate of drug-likeness (QED) is 0.661. The summed E-state index contributed by atoms with van der Waals surface area (Å²) in [5, 5.41) is 15.3. The summed E-state index contributed by atoms with van der Waals surface area (Å²) in [4.78, 5) is 4.17. The Bertz CT molecular complexity index is 588. The van der Waals surface area contributed by atoms with Crippen molar-refractivity contribution >= 4 is 17.7 Å². The molecule has 0 aliphatic carbocycles. The van der Waals surface area contributed by atoms with Crippen molar-refractivity contribution in [3.8, 4) is 6.07 Å². The van der Waals surface area contributed by atoms with E-state index in [0.717, 1.165) is 6.54 Å². The number of benzene rings is 1. The fourth-order valence-corrected chi connectivity index (χ4v) is 3.67. The summed E-state index contributed by atoms with van der Waals surface area (Å²) in [5.74, 6) is 1.53. The summed E-state index contributed by atoms with van der Waals surface area (Å²) in [6, 6.07) is 6.38. The van der Waals surface area contributed by atoms with E-state index in [2.05, 4.69) is 22.5 Å². The molecule has 1 atom stereocenters. The molecule has 0 radical (unpaired) electrons. The van der Waals surface area contributed by atoms with Gasteiger partial charge in [0.2, 0.25) is 0 Å². The molecule has 1 heterocycles. The van der Waals surface area contributed by atoms with Crippen molar-refractivity contribution in [2.24, 2.45) is 4.99 Å². The van der Waals surface area contributed by atoms with Gasteiger partial charge in [0.25, 0.3) is 0 Å². The molecular formula is C16H21FN4S. The van der Waals surface area contributed by atoms with Crippen LogP contribution in [0.5, 0.6) is 0 Å². The first-order valence-electron chi connectivity index (χ1n) is 7.33. The number of thioether (sulfide) groups is 1. The highest BCUT2D eigenvalue weighted by atomic mass is 32.2. The fourth-order valence-electron chi connectivity index (χ4n) is 2.43. The van der Waals surface area contributed by atoms with Gasteiger partial charge in [0.05, 0.1) is 11.6 Å². The molecular weight excluding hydrogens is 299 g/mol. The highest BCUT2D eigenvalue weighted by molar-refractivity contribution is 8.00. The molecule has 1 aliphatic heterocycles. The molecule has 0 spiro atoms. The van der Waals surface area contributed by atoms with E-state index in [1.54, 1.807) is 13.1 Å². The van der Waals surface area contributed by atoms with Crippen LogP contribution in [-0.4, -0.2) is 30.1 Å². The van der Waals surface area contributed by atoms with Gasteiger partial charge >= 0.3 is 0 Å². The highest BCUT2D eigenvalue weighted by Gasteiger charge is 2.29. The van der Waals surface area contributed by atoms with E-state index in [1.165, 1.54) is 30.7 Å². The lowest BCUT2D eigenvalue weighted by Crippen LogP contribution is -2.43. The van der Waals surface area contributed by atoms with E-state index in [0.29, 0.717) is 23.6 Å². The average Bonchev–Trinajstić information content (AvgIpc) is 2.96. The van der Waals surface area contributed by atoms with Crippen molar-refractivity contribution < 1.29 is 4.39 Å². The van der Waals surface area contributed by atoms with Crippen LogP contribution in [0.3, 0.4) is 0 Å². The van der Waals surface area contributed by atoms with Gasteiger partial charge < -0.3 is 10.6 Å². The predicted molar refractivity (Wildman–Crippen MR) is 89.4 cm³/mol. The topological polar surface area (TPSA) is 60.2 Å². The summed E-state index contributed by atoms with van der Waals surface area (Å²) < 4.78 is 14.0. The van der Waals surface area contributed by atoms with Crippen LogP contribution in [0.4, 0.5) is 4.39 Å². The maximum absolute atomic E-state index is 13.7. The van der Waals surface area contributed by atoms with E-state index >= 15 is 0 Å². The minimum absolute atomic E-state index is 0.240. The van der Waals surface area contributed by atoms with E-state index in [9.17, 15) is 4.39 Å². The Kier molecular flexibility index (Phi) is 5.67. The van der Waals surface area contributed by atoms with Gasteiger partial charge in [0.1, 0.15) is 5.82 Å². The molecule has 2 N–H and O–H groups in total. The smallest absolute Gasteiger partial charge is 0.191 e. The fraction of sp³-hybridized carbons (Fsp3) is 0.500. The zero-order chi connectivity index (χ0) is 16.0. The third kappa shape index (κ3) is 4.38. The van der Waals surface area contributed by atoms with Crippen LogP contribution >= 0.6 is 11.8 Å². The molecule has 2 rings (SSSR count). The number of guanidine groups is 1. The zero-order valence-corrected chi connectivity index (χ0v) is 13.8.